The summed E-state index contributed by atoms with van der Waals surface area (Å²) in [6.45, 7) is 7.55. The smallest absolute Gasteiger partial charge is 0.273 e. The fourth-order valence-corrected chi connectivity index (χ4v) is 2.16. The molecule has 0 bridgehead atoms. The molecule has 1 aliphatic heterocycles. The molecule has 0 saturated carbocycles. The van der Waals surface area contributed by atoms with Gasteiger partial charge in [-0.2, -0.15) is 0 Å². The van der Waals surface area contributed by atoms with Crippen LogP contribution < -0.4 is 0 Å². The van der Waals surface area contributed by atoms with E-state index in [0.717, 1.165) is 11.8 Å². The van der Waals surface area contributed by atoms with Crippen molar-refractivity contribution in [1.29, 1.82) is 0 Å². The summed E-state index contributed by atoms with van der Waals surface area (Å²) in [4.78, 5) is 24.3. The van der Waals surface area contributed by atoms with Gasteiger partial charge < -0.3 is 0 Å². The Morgan fingerprint density at radius 3 is 2.62 bits per heavy atom. The summed E-state index contributed by atoms with van der Waals surface area (Å²) in [7, 11) is 0. The lowest BCUT2D eigenvalue weighted by atomic mass is 10.1. The predicted molar refractivity (Wildman–Crippen MR) is 53.6 cm³/mol. The van der Waals surface area contributed by atoms with E-state index < -0.39 is 4.75 Å². The van der Waals surface area contributed by atoms with Crippen molar-refractivity contribution < 1.29 is 9.59 Å². The highest BCUT2D eigenvalue weighted by Crippen LogP contribution is 2.39. The van der Waals surface area contributed by atoms with Gasteiger partial charge in [0.25, 0.3) is 5.24 Å². The lowest BCUT2D eigenvalue weighted by Gasteiger charge is -2.17. The Morgan fingerprint density at radius 2 is 2.23 bits per heavy atom. The summed E-state index contributed by atoms with van der Waals surface area (Å²) in [5, 5.41) is -0.158. The Balaban J connectivity index is 2.87. The maximum absolute atomic E-state index is 11.7. The molecule has 13 heavy (non-hydrogen) atoms. The summed E-state index contributed by atoms with van der Waals surface area (Å²) < 4.78 is -0.555. The van der Waals surface area contributed by atoms with E-state index in [1.165, 1.54) is 4.90 Å². The number of nitrogens with zero attached hydrogens (tertiary/aromatic N) is 1. The van der Waals surface area contributed by atoms with Gasteiger partial charge in [0.1, 0.15) is 4.75 Å². The van der Waals surface area contributed by atoms with Gasteiger partial charge in [-0.05, 0) is 25.1 Å². The van der Waals surface area contributed by atoms with Crippen molar-refractivity contribution in [2.45, 2.75) is 25.0 Å². The molecule has 0 spiro atoms. The van der Waals surface area contributed by atoms with E-state index in [-0.39, 0.29) is 11.1 Å². The van der Waals surface area contributed by atoms with E-state index in [2.05, 4.69) is 6.58 Å². The van der Waals surface area contributed by atoms with Gasteiger partial charge in [-0.15, -0.1) is 6.58 Å². The van der Waals surface area contributed by atoms with Crippen LogP contribution in [0.25, 0.3) is 0 Å². The first-order valence-electron chi connectivity index (χ1n) is 4.21. The molecule has 1 unspecified atom stereocenters. The first-order chi connectivity index (χ1) is 6.05. The van der Waals surface area contributed by atoms with Gasteiger partial charge in [-0.25, -0.2) is 0 Å². The van der Waals surface area contributed by atoms with Crippen LogP contribution in [0, 0.1) is 0 Å². The predicted octanol–water partition coefficient (Wildman–Crippen LogP) is 2.04. The van der Waals surface area contributed by atoms with Crippen molar-refractivity contribution in [1.82, 2.24) is 4.90 Å². The average Bonchev–Trinajstić information content (AvgIpc) is 2.31. The van der Waals surface area contributed by atoms with Gasteiger partial charge >= 0.3 is 0 Å². The molecule has 4 heteroatoms. The van der Waals surface area contributed by atoms with Crippen LogP contribution in [0.5, 0.6) is 0 Å². The Labute approximate surface area is 82.2 Å². The molecule has 72 valence electrons. The van der Waals surface area contributed by atoms with E-state index in [1.54, 1.807) is 13.0 Å². The fourth-order valence-electron chi connectivity index (χ4n) is 1.17. The summed E-state index contributed by atoms with van der Waals surface area (Å²) in [6, 6.07) is 0. The highest BCUT2D eigenvalue weighted by molar-refractivity contribution is 8.16. The topological polar surface area (TPSA) is 37.4 Å². The third-order valence-corrected chi connectivity index (χ3v) is 3.53. The molecule has 1 atom stereocenters. The van der Waals surface area contributed by atoms with Crippen LogP contribution in [0.15, 0.2) is 12.7 Å². The molecular weight excluding hydrogens is 186 g/mol. The van der Waals surface area contributed by atoms with Gasteiger partial charge in [0.05, 0.1) is 0 Å². The highest BCUT2D eigenvalue weighted by Gasteiger charge is 2.47. The van der Waals surface area contributed by atoms with E-state index in [1.807, 2.05) is 6.92 Å². The minimum Gasteiger partial charge on any atom is -0.273 e. The molecule has 0 N–H and O–H groups in total. The molecule has 0 aromatic heterocycles. The van der Waals surface area contributed by atoms with E-state index in [0.29, 0.717) is 13.0 Å². The van der Waals surface area contributed by atoms with E-state index in [4.69, 9.17) is 0 Å². The number of rotatable bonds is 3. The average molecular weight is 199 g/mol. The van der Waals surface area contributed by atoms with Crippen LogP contribution in [-0.2, 0) is 4.79 Å². The molecule has 0 radical (unpaired) electrons. The van der Waals surface area contributed by atoms with Crippen LogP contribution in [0.4, 0.5) is 4.79 Å². The van der Waals surface area contributed by atoms with E-state index >= 15 is 0 Å². The molecule has 1 heterocycles. The first kappa shape index (κ1) is 10.3. The van der Waals surface area contributed by atoms with Crippen molar-refractivity contribution in [2.75, 3.05) is 6.54 Å². The molecule has 2 amide bonds. The van der Waals surface area contributed by atoms with Gasteiger partial charge in [0, 0.05) is 6.54 Å². The van der Waals surface area contributed by atoms with Crippen molar-refractivity contribution in [3.8, 4) is 0 Å². The Hall–Kier alpha value is -0.770. The molecule has 1 aliphatic rings. The van der Waals surface area contributed by atoms with Crippen molar-refractivity contribution in [2.24, 2.45) is 0 Å². The Morgan fingerprint density at radius 1 is 1.62 bits per heavy atom. The second kappa shape index (κ2) is 3.54. The number of hydrogen-bond donors (Lipinski definition) is 0. The van der Waals surface area contributed by atoms with Gasteiger partial charge in [0.2, 0.25) is 5.91 Å². The maximum Gasteiger partial charge on any atom is 0.289 e. The SMILES string of the molecule is C=CCN1C(=O)SC(C)(CC)C1=O. The Bertz CT molecular complexity index is 264. The fraction of sp³-hybridized carbons (Fsp3) is 0.556. The molecule has 0 aliphatic carbocycles. The van der Waals surface area contributed by atoms with Crippen LogP contribution in [-0.4, -0.2) is 27.3 Å². The van der Waals surface area contributed by atoms with Gasteiger partial charge in [0.15, 0.2) is 0 Å². The minimum absolute atomic E-state index is 0.0927. The van der Waals surface area contributed by atoms with Crippen LogP contribution in [0.3, 0.4) is 0 Å². The molecule has 0 aromatic carbocycles. The number of carbonyl (C=O) groups excluding carboxylic acids is 2. The lowest BCUT2D eigenvalue weighted by Crippen LogP contribution is -2.37. The Kier molecular flexibility index (Phi) is 2.81. The molecule has 1 saturated heterocycles. The number of thioether (sulfide) groups is 1. The monoisotopic (exact) mass is 199 g/mol. The summed E-state index contributed by atoms with van der Waals surface area (Å²) >= 11 is 1.11. The van der Waals surface area contributed by atoms with Crippen LogP contribution in [0.1, 0.15) is 20.3 Å². The van der Waals surface area contributed by atoms with Crippen molar-refractivity contribution in [3.05, 3.63) is 12.7 Å². The maximum atomic E-state index is 11.7. The molecule has 1 rings (SSSR count). The third-order valence-electron chi connectivity index (χ3n) is 2.22. The van der Waals surface area contributed by atoms with E-state index in [9.17, 15) is 9.59 Å². The number of imide groups is 1. The third kappa shape index (κ3) is 1.63. The second-order valence-electron chi connectivity index (χ2n) is 3.16. The second-order valence-corrected chi connectivity index (χ2v) is 4.61. The number of hydrogen-bond acceptors (Lipinski definition) is 3. The zero-order chi connectivity index (χ0) is 10.1. The largest absolute Gasteiger partial charge is 0.289 e. The zero-order valence-electron chi connectivity index (χ0n) is 7.87. The zero-order valence-corrected chi connectivity index (χ0v) is 8.69. The first-order valence-corrected chi connectivity index (χ1v) is 5.02. The standard InChI is InChI=1S/C9H13NO2S/c1-4-6-10-7(11)9(3,5-2)13-8(10)12/h4H,1,5-6H2,2-3H3. The molecular formula is C9H13NO2S. The minimum atomic E-state index is -0.555. The van der Waals surface area contributed by atoms with Gasteiger partial charge in [-0.3, -0.25) is 14.5 Å². The normalized spacial score (nSPS) is 28.3. The van der Waals surface area contributed by atoms with Crippen molar-refractivity contribution in [3.63, 3.8) is 0 Å². The lowest BCUT2D eigenvalue weighted by molar-refractivity contribution is -0.128. The molecule has 0 aromatic rings. The quantitative estimate of drug-likeness (QED) is 0.653. The highest BCUT2D eigenvalue weighted by atomic mass is 32.2. The van der Waals surface area contributed by atoms with Gasteiger partial charge in [-0.1, -0.05) is 13.0 Å². The molecule has 3 nitrogen and oxygen atoms in total. The summed E-state index contributed by atoms with van der Waals surface area (Å²) in [5.74, 6) is -0.0927. The van der Waals surface area contributed by atoms with Crippen LogP contribution in [0.2, 0.25) is 0 Å². The van der Waals surface area contributed by atoms with Crippen LogP contribution >= 0.6 is 11.8 Å². The number of amides is 2. The summed E-state index contributed by atoms with van der Waals surface area (Å²) in [5.41, 5.74) is 0. The molecule has 1 fully saturated rings. The number of carbonyl (C=O) groups is 2. The summed E-state index contributed by atoms with van der Waals surface area (Å²) in [6.07, 6.45) is 2.24. The van der Waals surface area contributed by atoms with Crippen molar-refractivity contribution >= 4 is 22.9 Å².